The Morgan fingerprint density at radius 2 is 2.00 bits per heavy atom. The van der Waals surface area contributed by atoms with E-state index in [0.29, 0.717) is 10.6 Å². The SMILES string of the molecule is Cc1ccsc1/C=C(/C#N)S(=O)(=O)Cc1ccc(Cl)cc1. The van der Waals surface area contributed by atoms with Crippen LogP contribution in [0.2, 0.25) is 5.02 Å². The summed E-state index contributed by atoms with van der Waals surface area (Å²) in [4.78, 5) is 0.564. The molecule has 0 unspecified atom stereocenters. The van der Waals surface area contributed by atoms with E-state index in [1.54, 1.807) is 30.3 Å². The van der Waals surface area contributed by atoms with Crippen molar-refractivity contribution in [2.45, 2.75) is 12.7 Å². The average Bonchev–Trinajstić information content (AvgIpc) is 2.83. The highest BCUT2D eigenvalue weighted by molar-refractivity contribution is 7.95. The first kappa shape index (κ1) is 15.8. The first-order chi connectivity index (χ1) is 9.92. The molecule has 0 aliphatic carbocycles. The number of benzene rings is 1. The Bertz CT molecular complexity index is 812. The van der Waals surface area contributed by atoms with E-state index in [1.165, 1.54) is 17.4 Å². The Morgan fingerprint density at radius 3 is 2.52 bits per heavy atom. The van der Waals surface area contributed by atoms with Gasteiger partial charge in [-0.15, -0.1) is 11.3 Å². The van der Waals surface area contributed by atoms with Crippen LogP contribution in [-0.4, -0.2) is 8.42 Å². The summed E-state index contributed by atoms with van der Waals surface area (Å²) in [6, 6.07) is 10.2. The van der Waals surface area contributed by atoms with E-state index in [1.807, 2.05) is 18.4 Å². The van der Waals surface area contributed by atoms with E-state index < -0.39 is 9.84 Å². The van der Waals surface area contributed by atoms with Gasteiger partial charge >= 0.3 is 0 Å². The normalized spacial score (nSPS) is 12.1. The zero-order valence-corrected chi connectivity index (χ0v) is 13.6. The third-order valence-corrected chi connectivity index (χ3v) is 5.69. The molecule has 0 N–H and O–H groups in total. The molecular weight excluding hydrogens is 326 g/mol. The van der Waals surface area contributed by atoms with E-state index in [2.05, 4.69) is 0 Å². The molecular formula is C15H12ClNO2S2. The third-order valence-electron chi connectivity index (χ3n) is 2.88. The second-order valence-electron chi connectivity index (χ2n) is 4.47. The monoisotopic (exact) mass is 337 g/mol. The van der Waals surface area contributed by atoms with Gasteiger partial charge in [-0.1, -0.05) is 23.7 Å². The first-order valence-electron chi connectivity index (χ1n) is 6.05. The number of aryl methyl sites for hydroxylation is 1. The minimum atomic E-state index is -3.67. The zero-order chi connectivity index (χ0) is 15.5. The quantitative estimate of drug-likeness (QED) is 0.786. The van der Waals surface area contributed by atoms with Crippen molar-refractivity contribution in [3.05, 3.63) is 61.6 Å². The topological polar surface area (TPSA) is 57.9 Å². The maximum absolute atomic E-state index is 12.3. The minimum Gasteiger partial charge on any atom is -0.223 e. The molecule has 6 heteroatoms. The van der Waals surface area contributed by atoms with Crippen molar-refractivity contribution in [3.8, 4) is 6.07 Å². The number of nitrogens with zero attached hydrogens (tertiary/aromatic N) is 1. The van der Waals surface area contributed by atoms with Crippen LogP contribution in [0.15, 0.2) is 40.6 Å². The largest absolute Gasteiger partial charge is 0.223 e. The van der Waals surface area contributed by atoms with Gasteiger partial charge < -0.3 is 0 Å². The molecule has 0 fully saturated rings. The molecule has 0 bridgehead atoms. The summed E-state index contributed by atoms with van der Waals surface area (Å²) in [6.07, 6.45) is 1.44. The summed E-state index contributed by atoms with van der Waals surface area (Å²) in [5, 5.41) is 11.6. The van der Waals surface area contributed by atoms with Crippen molar-refractivity contribution >= 4 is 38.9 Å². The lowest BCUT2D eigenvalue weighted by Crippen LogP contribution is -2.06. The lowest BCUT2D eigenvalue weighted by atomic mass is 10.2. The summed E-state index contributed by atoms with van der Waals surface area (Å²) in [5.41, 5.74) is 1.55. The molecule has 108 valence electrons. The van der Waals surface area contributed by atoms with Gasteiger partial charge in [-0.2, -0.15) is 5.26 Å². The van der Waals surface area contributed by atoms with Crippen LogP contribution in [0.3, 0.4) is 0 Å². The number of hydrogen-bond acceptors (Lipinski definition) is 4. The maximum Gasteiger partial charge on any atom is 0.192 e. The highest BCUT2D eigenvalue weighted by Crippen LogP contribution is 2.23. The maximum atomic E-state index is 12.3. The van der Waals surface area contributed by atoms with Crippen LogP contribution in [0.25, 0.3) is 6.08 Å². The second kappa shape index (κ2) is 6.44. The predicted molar refractivity (Wildman–Crippen MR) is 86.7 cm³/mol. The Hall–Kier alpha value is -1.61. The van der Waals surface area contributed by atoms with Crippen molar-refractivity contribution in [2.75, 3.05) is 0 Å². The van der Waals surface area contributed by atoms with E-state index in [9.17, 15) is 8.42 Å². The molecule has 0 spiro atoms. The van der Waals surface area contributed by atoms with Crippen molar-refractivity contribution < 1.29 is 8.42 Å². The van der Waals surface area contributed by atoms with Gasteiger partial charge in [-0.3, -0.25) is 0 Å². The summed E-state index contributed by atoms with van der Waals surface area (Å²) >= 11 is 7.18. The number of allylic oxidation sites excluding steroid dienone is 1. The Kier molecular flexibility index (Phi) is 4.84. The summed E-state index contributed by atoms with van der Waals surface area (Å²) < 4.78 is 24.7. The van der Waals surface area contributed by atoms with Crippen LogP contribution in [0.5, 0.6) is 0 Å². The molecule has 1 heterocycles. The van der Waals surface area contributed by atoms with Crippen LogP contribution in [-0.2, 0) is 15.6 Å². The van der Waals surface area contributed by atoms with Crippen LogP contribution in [0.4, 0.5) is 0 Å². The van der Waals surface area contributed by atoms with Crippen LogP contribution < -0.4 is 0 Å². The van der Waals surface area contributed by atoms with Gasteiger partial charge in [0.2, 0.25) is 0 Å². The van der Waals surface area contributed by atoms with Crippen LogP contribution in [0.1, 0.15) is 16.0 Å². The van der Waals surface area contributed by atoms with Gasteiger partial charge in [0, 0.05) is 9.90 Å². The summed E-state index contributed by atoms with van der Waals surface area (Å²) in [6.45, 7) is 1.88. The second-order valence-corrected chi connectivity index (χ2v) is 7.82. The summed E-state index contributed by atoms with van der Waals surface area (Å²) in [7, 11) is -3.67. The Morgan fingerprint density at radius 1 is 1.33 bits per heavy atom. The molecule has 3 nitrogen and oxygen atoms in total. The van der Waals surface area contributed by atoms with Crippen LogP contribution in [0, 0.1) is 18.3 Å². The first-order valence-corrected chi connectivity index (χ1v) is 8.96. The fourth-order valence-electron chi connectivity index (χ4n) is 1.72. The standard InChI is InChI=1S/C15H12ClNO2S2/c1-11-6-7-20-15(11)8-14(9-17)21(18,19)10-12-2-4-13(16)5-3-12/h2-8H,10H2,1H3/b14-8-. The molecule has 21 heavy (non-hydrogen) atoms. The lowest BCUT2D eigenvalue weighted by Gasteiger charge is -2.03. The molecule has 0 amide bonds. The smallest absolute Gasteiger partial charge is 0.192 e. The Balaban J connectivity index is 2.33. The third kappa shape index (κ3) is 3.94. The van der Waals surface area contributed by atoms with E-state index in [-0.39, 0.29) is 10.7 Å². The van der Waals surface area contributed by atoms with Gasteiger partial charge in [0.1, 0.15) is 11.0 Å². The predicted octanol–water partition coefficient (Wildman–Crippen LogP) is 4.19. The van der Waals surface area contributed by atoms with Gasteiger partial charge in [-0.25, -0.2) is 8.42 Å². The number of hydrogen-bond donors (Lipinski definition) is 0. The molecule has 0 saturated carbocycles. The van der Waals surface area contributed by atoms with Gasteiger partial charge in [0.25, 0.3) is 0 Å². The van der Waals surface area contributed by atoms with Crippen molar-refractivity contribution in [1.82, 2.24) is 0 Å². The highest BCUT2D eigenvalue weighted by Gasteiger charge is 2.19. The number of rotatable bonds is 4. The molecule has 0 atom stereocenters. The molecule has 2 rings (SSSR count). The molecule has 0 aliphatic heterocycles. The minimum absolute atomic E-state index is 0.214. The Labute approximate surface area is 133 Å². The van der Waals surface area contributed by atoms with Gasteiger partial charge in [0.15, 0.2) is 9.84 Å². The molecule has 0 radical (unpaired) electrons. The van der Waals surface area contributed by atoms with Crippen molar-refractivity contribution in [1.29, 1.82) is 5.26 Å². The van der Waals surface area contributed by atoms with E-state index in [0.717, 1.165) is 10.4 Å². The van der Waals surface area contributed by atoms with E-state index >= 15 is 0 Å². The molecule has 1 aromatic carbocycles. The number of sulfone groups is 1. The van der Waals surface area contributed by atoms with Gasteiger partial charge in [0.05, 0.1) is 5.75 Å². The fraction of sp³-hybridized carbons (Fsp3) is 0.133. The zero-order valence-electron chi connectivity index (χ0n) is 11.2. The van der Waals surface area contributed by atoms with E-state index in [4.69, 9.17) is 16.9 Å². The molecule has 0 aliphatic rings. The number of nitriles is 1. The lowest BCUT2D eigenvalue weighted by molar-refractivity contribution is 0.602. The molecule has 0 saturated heterocycles. The van der Waals surface area contributed by atoms with Crippen molar-refractivity contribution in [3.63, 3.8) is 0 Å². The van der Waals surface area contributed by atoms with Crippen molar-refractivity contribution in [2.24, 2.45) is 0 Å². The highest BCUT2D eigenvalue weighted by atomic mass is 35.5. The fourth-order valence-corrected chi connectivity index (χ4v) is 4.00. The number of thiophene rings is 1. The average molecular weight is 338 g/mol. The molecule has 2 aromatic rings. The van der Waals surface area contributed by atoms with Gasteiger partial charge in [-0.05, 0) is 47.7 Å². The molecule has 1 aromatic heterocycles. The van der Waals surface area contributed by atoms with Crippen LogP contribution >= 0.6 is 22.9 Å². The number of halogens is 1. The summed E-state index contributed by atoms with van der Waals surface area (Å²) in [5.74, 6) is -0.214.